The van der Waals surface area contributed by atoms with Crippen molar-refractivity contribution in [1.82, 2.24) is 4.90 Å². The molecule has 1 aliphatic carbocycles. The first-order chi connectivity index (χ1) is 10.1. The Morgan fingerprint density at radius 2 is 1.86 bits per heavy atom. The van der Waals surface area contributed by atoms with Gasteiger partial charge in [0.25, 0.3) is 0 Å². The maximum absolute atomic E-state index is 12.8. The van der Waals surface area contributed by atoms with E-state index in [0.717, 1.165) is 24.9 Å². The SMILES string of the molecule is CC(C)CN(C(=O)C(N)Cc1ccccc1)C1CCCC1. The van der Waals surface area contributed by atoms with E-state index in [-0.39, 0.29) is 5.91 Å². The highest BCUT2D eigenvalue weighted by atomic mass is 16.2. The Kier molecular flexibility index (Phi) is 5.80. The summed E-state index contributed by atoms with van der Waals surface area (Å²) in [5.74, 6) is 0.609. The Morgan fingerprint density at radius 3 is 2.43 bits per heavy atom. The standard InChI is InChI=1S/C18H28N2O/c1-14(2)13-20(16-10-6-7-11-16)18(21)17(19)12-15-8-4-3-5-9-15/h3-5,8-9,14,16-17H,6-7,10-13,19H2,1-2H3. The van der Waals surface area contributed by atoms with Crippen LogP contribution in [0.3, 0.4) is 0 Å². The van der Waals surface area contributed by atoms with Crippen molar-refractivity contribution in [3.8, 4) is 0 Å². The van der Waals surface area contributed by atoms with Crippen molar-refractivity contribution in [2.45, 2.75) is 58.0 Å². The number of benzene rings is 1. The molecule has 3 heteroatoms. The molecule has 1 unspecified atom stereocenters. The number of nitrogens with two attached hydrogens (primary N) is 1. The molecule has 1 amide bonds. The molecule has 2 rings (SSSR count). The molecule has 0 heterocycles. The minimum absolute atomic E-state index is 0.124. The number of rotatable bonds is 6. The van der Waals surface area contributed by atoms with E-state index >= 15 is 0 Å². The van der Waals surface area contributed by atoms with Gasteiger partial charge in [-0.05, 0) is 30.7 Å². The molecule has 21 heavy (non-hydrogen) atoms. The van der Waals surface area contributed by atoms with Crippen molar-refractivity contribution in [2.24, 2.45) is 11.7 Å². The summed E-state index contributed by atoms with van der Waals surface area (Å²) in [6.07, 6.45) is 5.37. The molecule has 0 aromatic heterocycles. The zero-order valence-corrected chi connectivity index (χ0v) is 13.3. The molecule has 1 aromatic carbocycles. The first-order valence-electron chi connectivity index (χ1n) is 8.18. The quantitative estimate of drug-likeness (QED) is 0.874. The van der Waals surface area contributed by atoms with Gasteiger partial charge in [0.1, 0.15) is 0 Å². The van der Waals surface area contributed by atoms with Gasteiger partial charge < -0.3 is 10.6 Å². The van der Waals surface area contributed by atoms with Crippen LogP contribution >= 0.6 is 0 Å². The van der Waals surface area contributed by atoms with Crippen LogP contribution in [0.5, 0.6) is 0 Å². The summed E-state index contributed by atoms with van der Waals surface area (Å²) < 4.78 is 0. The summed E-state index contributed by atoms with van der Waals surface area (Å²) in [6, 6.07) is 10.0. The number of carbonyl (C=O) groups excluding carboxylic acids is 1. The molecular weight excluding hydrogens is 260 g/mol. The van der Waals surface area contributed by atoms with Crippen LogP contribution in [0.25, 0.3) is 0 Å². The van der Waals surface area contributed by atoms with Crippen LogP contribution in [0, 0.1) is 5.92 Å². The Labute approximate surface area is 128 Å². The van der Waals surface area contributed by atoms with Crippen molar-refractivity contribution in [3.05, 3.63) is 35.9 Å². The summed E-state index contributed by atoms with van der Waals surface area (Å²) in [7, 11) is 0. The lowest BCUT2D eigenvalue weighted by molar-refractivity contribution is -0.135. The molecule has 3 nitrogen and oxygen atoms in total. The molecule has 0 spiro atoms. The zero-order chi connectivity index (χ0) is 15.2. The van der Waals surface area contributed by atoms with Crippen molar-refractivity contribution >= 4 is 5.91 Å². The van der Waals surface area contributed by atoms with E-state index in [4.69, 9.17) is 5.73 Å². The normalized spacial score (nSPS) is 17.1. The molecule has 1 fully saturated rings. The fourth-order valence-electron chi connectivity index (χ4n) is 3.20. The van der Waals surface area contributed by atoms with Gasteiger partial charge >= 0.3 is 0 Å². The Balaban J connectivity index is 2.02. The van der Waals surface area contributed by atoms with Gasteiger partial charge in [-0.2, -0.15) is 0 Å². The molecule has 0 saturated heterocycles. The fraction of sp³-hybridized carbons (Fsp3) is 0.611. The Morgan fingerprint density at radius 1 is 1.24 bits per heavy atom. The van der Waals surface area contributed by atoms with Gasteiger partial charge in [0.05, 0.1) is 6.04 Å². The van der Waals surface area contributed by atoms with Crippen LogP contribution in [0.4, 0.5) is 0 Å². The van der Waals surface area contributed by atoms with Gasteiger partial charge in [0.2, 0.25) is 5.91 Å². The molecule has 116 valence electrons. The van der Waals surface area contributed by atoms with Crippen molar-refractivity contribution in [2.75, 3.05) is 6.54 Å². The van der Waals surface area contributed by atoms with Gasteiger partial charge in [0.15, 0.2) is 0 Å². The molecule has 2 N–H and O–H groups in total. The number of nitrogens with zero attached hydrogens (tertiary/aromatic N) is 1. The first-order valence-corrected chi connectivity index (χ1v) is 8.18. The third-order valence-corrected chi connectivity index (χ3v) is 4.23. The third-order valence-electron chi connectivity index (χ3n) is 4.23. The van der Waals surface area contributed by atoms with Crippen LogP contribution in [-0.4, -0.2) is 29.4 Å². The van der Waals surface area contributed by atoms with Crippen molar-refractivity contribution < 1.29 is 4.79 Å². The second-order valence-corrected chi connectivity index (χ2v) is 6.62. The predicted molar refractivity (Wildman–Crippen MR) is 86.9 cm³/mol. The number of hydrogen-bond acceptors (Lipinski definition) is 2. The molecule has 1 aromatic rings. The minimum atomic E-state index is -0.424. The molecule has 1 saturated carbocycles. The average Bonchev–Trinajstić information content (AvgIpc) is 2.99. The van der Waals surface area contributed by atoms with Crippen LogP contribution in [0.1, 0.15) is 45.1 Å². The van der Waals surface area contributed by atoms with Crippen molar-refractivity contribution in [3.63, 3.8) is 0 Å². The summed E-state index contributed by atoms with van der Waals surface area (Å²) in [5.41, 5.74) is 7.34. The lowest BCUT2D eigenvalue weighted by atomic mass is 10.0. The van der Waals surface area contributed by atoms with Gasteiger partial charge in [-0.1, -0.05) is 57.0 Å². The topological polar surface area (TPSA) is 46.3 Å². The largest absolute Gasteiger partial charge is 0.338 e. The van der Waals surface area contributed by atoms with Gasteiger partial charge in [-0.25, -0.2) is 0 Å². The monoisotopic (exact) mass is 288 g/mol. The van der Waals surface area contributed by atoms with Gasteiger partial charge in [0, 0.05) is 12.6 Å². The highest BCUT2D eigenvalue weighted by Crippen LogP contribution is 2.25. The second-order valence-electron chi connectivity index (χ2n) is 6.62. The van der Waals surface area contributed by atoms with Gasteiger partial charge in [-0.3, -0.25) is 4.79 Å². The molecule has 0 aliphatic heterocycles. The van der Waals surface area contributed by atoms with E-state index in [0.29, 0.717) is 18.4 Å². The predicted octanol–water partition coefficient (Wildman–Crippen LogP) is 2.98. The van der Waals surface area contributed by atoms with E-state index in [1.165, 1.54) is 12.8 Å². The zero-order valence-electron chi connectivity index (χ0n) is 13.3. The summed E-state index contributed by atoms with van der Waals surface area (Å²) >= 11 is 0. The maximum atomic E-state index is 12.8. The average molecular weight is 288 g/mol. The third kappa shape index (κ3) is 4.57. The van der Waals surface area contributed by atoms with E-state index < -0.39 is 6.04 Å². The lowest BCUT2D eigenvalue weighted by Crippen LogP contribution is -2.50. The summed E-state index contributed by atoms with van der Waals surface area (Å²) in [4.78, 5) is 14.8. The Hall–Kier alpha value is -1.35. The Bertz CT molecular complexity index is 438. The fourth-order valence-corrected chi connectivity index (χ4v) is 3.20. The number of carbonyl (C=O) groups is 1. The molecule has 0 bridgehead atoms. The molecule has 1 aliphatic rings. The highest BCUT2D eigenvalue weighted by molar-refractivity contribution is 5.82. The van der Waals surface area contributed by atoms with Crippen LogP contribution in [0.2, 0.25) is 0 Å². The number of hydrogen-bond donors (Lipinski definition) is 1. The maximum Gasteiger partial charge on any atom is 0.240 e. The second kappa shape index (κ2) is 7.60. The summed E-state index contributed by atoms with van der Waals surface area (Å²) in [6.45, 7) is 5.15. The first kappa shape index (κ1) is 16.0. The van der Waals surface area contributed by atoms with Gasteiger partial charge in [-0.15, -0.1) is 0 Å². The molecule has 1 atom stereocenters. The smallest absolute Gasteiger partial charge is 0.240 e. The highest BCUT2D eigenvalue weighted by Gasteiger charge is 2.30. The van der Waals surface area contributed by atoms with Crippen LogP contribution in [0.15, 0.2) is 30.3 Å². The van der Waals surface area contributed by atoms with Crippen molar-refractivity contribution in [1.29, 1.82) is 0 Å². The van der Waals surface area contributed by atoms with E-state index in [1.54, 1.807) is 0 Å². The summed E-state index contributed by atoms with van der Waals surface area (Å²) in [5, 5.41) is 0. The van der Waals surface area contributed by atoms with E-state index in [2.05, 4.69) is 18.7 Å². The van der Waals surface area contributed by atoms with E-state index in [1.807, 2.05) is 30.3 Å². The minimum Gasteiger partial charge on any atom is -0.338 e. The van der Waals surface area contributed by atoms with E-state index in [9.17, 15) is 4.79 Å². The number of amides is 1. The molecule has 0 radical (unpaired) electrons. The lowest BCUT2D eigenvalue weighted by Gasteiger charge is -2.32. The van der Waals surface area contributed by atoms with Crippen LogP contribution < -0.4 is 5.73 Å². The molecular formula is C18H28N2O. The van der Waals surface area contributed by atoms with Crippen LogP contribution in [-0.2, 0) is 11.2 Å².